The summed E-state index contributed by atoms with van der Waals surface area (Å²) in [5, 5.41) is 10.1. The molecule has 2 rings (SSSR count). The molecular weight excluding hydrogens is 252 g/mol. The highest BCUT2D eigenvalue weighted by atomic mass is 16.3. The number of carbonyl (C=O) groups excluding carboxylic acids is 1. The molecule has 20 heavy (non-hydrogen) atoms. The van der Waals surface area contributed by atoms with E-state index in [2.05, 4.69) is 0 Å². The van der Waals surface area contributed by atoms with Crippen LogP contribution in [-0.2, 0) is 4.79 Å². The van der Waals surface area contributed by atoms with Crippen molar-refractivity contribution in [3.8, 4) is 0 Å². The molecule has 1 saturated heterocycles. The van der Waals surface area contributed by atoms with Crippen molar-refractivity contribution >= 4 is 5.91 Å². The van der Waals surface area contributed by atoms with Crippen molar-refractivity contribution in [2.24, 2.45) is 11.7 Å². The van der Waals surface area contributed by atoms with Gasteiger partial charge in [-0.3, -0.25) is 4.79 Å². The number of nitrogens with two attached hydrogens (primary N) is 1. The van der Waals surface area contributed by atoms with Crippen LogP contribution in [0.1, 0.15) is 64.7 Å². The van der Waals surface area contributed by atoms with Crippen LogP contribution in [0.2, 0.25) is 0 Å². The van der Waals surface area contributed by atoms with Crippen molar-refractivity contribution in [3.63, 3.8) is 0 Å². The highest BCUT2D eigenvalue weighted by Gasteiger charge is 2.27. The third kappa shape index (κ3) is 4.74. The molecule has 1 heterocycles. The fourth-order valence-electron chi connectivity index (χ4n) is 3.59. The summed E-state index contributed by atoms with van der Waals surface area (Å²) in [6.07, 6.45) is 8.73. The molecule has 0 aromatic carbocycles. The maximum atomic E-state index is 12.3. The molecule has 4 heteroatoms. The molecule has 0 radical (unpaired) electrons. The molecule has 0 aromatic rings. The molecule has 3 unspecified atom stereocenters. The predicted molar refractivity (Wildman–Crippen MR) is 80.2 cm³/mol. The van der Waals surface area contributed by atoms with Crippen molar-refractivity contribution in [1.29, 1.82) is 0 Å². The minimum atomic E-state index is -0.592. The lowest BCUT2D eigenvalue weighted by Gasteiger charge is -2.27. The number of amides is 1. The first-order chi connectivity index (χ1) is 9.46. The molecule has 2 aliphatic rings. The summed E-state index contributed by atoms with van der Waals surface area (Å²) in [5.74, 6) is 0.902. The van der Waals surface area contributed by atoms with Gasteiger partial charge in [0, 0.05) is 25.6 Å². The fraction of sp³-hybridized carbons (Fsp3) is 0.938. The standard InChI is InChI=1S/C16H30N2O2/c1-16(20)8-3-10-18(11-9-16)15(19)7-6-13-4-2-5-14(17)12-13/h13-14,20H,2-12,17H2,1H3. The fourth-order valence-corrected chi connectivity index (χ4v) is 3.59. The molecule has 1 amide bonds. The maximum Gasteiger partial charge on any atom is 0.222 e. The SMILES string of the molecule is CC1(O)CCCN(C(=O)CCC2CCCC(N)C2)CC1. The summed E-state index contributed by atoms with van der Waals surface area (Å²) in [6, 6.07) is 0.345. The van der Waals surface area contributed by atoms with Gasteiger partial charge in [-0.25, -0.2) is 0 Å². The van der Waals surface area contributed by atoms with E-state index < -0.39 is 5.60 Å². The van der Waals surface area contributed by atoms with Gasteiger partial charge in [0.25, 0.3) is 0 Å². The second kappa shape index (κ2) is 6.90. The lowest BCUT2D eigenvalue weighted by atomic mass is 9.83. The molecular formula is C16H30N2O2. The topological polar surface area (TPSA) is 66.6 Å². The smallest absolute Gasteiger partial charge is 0.222 e. The molecule has 2 fully saturated rings. The van der Waals surface area contributed by atoms with Gasteiger partial charge in [0.15, 0.2) is 0 Å². The summed E-state index contributed by atoms with van der Waals surface area (Å²) in [4.78, 5) is 14.2. The van der Waals surface area contributed by atoms with Crippen molar-refractivity contribution in [3.05, 3.63) is 0 Å². The van der Waals surface area contributed by atoms with E-state index in [1.54, 1.807) is 0 Å². The molecule has 116 valence electrons. The van der Waals surface area contributed by atoms with E-state index in [9.17, 15) is 9.90 Å². The Balaban J connectivity index is 1.74. The summed E-state index contributed by atoms with van der Waals surface area (Å²) in [7, 11) is 0. The van der Waals surface area contributed by atoms with Gasteiger partial charge in [-0.05, 0) is 51.4 Å². The first-order valence-corrected chi connectivity index (χ1v) is 8.22. The monoisotopic (exact) mass is 282 g/mol. The summed E-state index contributed by atoms with van der Waals surface area (Å²) in [5.41, 5.74) is 5.41. The molecule has 4 nitrogen and oxygen atoms in total. The van der Waals surface area contributed by atoms with Gasteiger partial charge in [-0.1, -0.05) is 12.8 Å². The Morgan fingerprint density at radius 2 is 2.10 bits per heavy atom. The van der Waals surface area contributed by atoms with Crippen molar-refractivity contribution in [1.82, 2.24) is 4.90 Å². The van der Waals surface area contributed by atoms with Gasteiger partial charge in [0.05, 0.1) is 5.60 Å². The Bertz CT molecular complexity index is 330. The van der Waals surface area contributed by atoms with Crippen LogP contribution in [0.3, 0.4) is 0 Å². The molecule has 0 aromatic heterocycles. The molecule has 0 bridgehead atoms. The highest BCUT2D eigenvalue weighted by Crippen LogP contribution is 2.27. The summed E-state index contributed by atoms with van der Waals surface area (Å²) in [6.45, 7) is 3.39. The maximum absolute atomic E-state index is 12.3. The quantitative estimate of drug-likeness (QED) is 0.832. The average Bonchev–Trinajstić information content (AvgIpc) is 2.57. The molecule has 3 N–H and O–H groups in total. The van der Waals surface area contributed by atoms with E-state index in [0.717, 1.165) is 38.6 Å². The Morgan fingerprint density at radius 1 is 1.30 bits per heavy atom. The van der Waals surface area contributed by atoms with Gasteiger partial charge < -0.3 is 15.7 Å². The van der Waals surface area contributed by atoms with Crippen LogP contribution < -0.4 is 5.73 Å². The van der Waals surface area contributed by atoms with Gasteiger partial charge in [0.2, 0.25) is 5.91 Å². The van der Waals surface area contributed by atoms with Crippen LogP contribution in [0.25, 0.3) is 0 Å². The van der Waals surface area contributed by atoms with E-state index in [1.807, 2.05) is 11.8 Å². The van der Waals surface area contributed by atoms with Gasteiger partial charge in [0.1, 0.15) is 0 Å². The second-order valence-electron chi connectivity index (χ2n) is 7.06. The molecule has 0 spiro atoms. The first-order valence-electron chi connectivity index (χ1n) is 8.22. The number of carbonyl (C=O) groups is 1. The zero-order chi connectivity index (χ0) is 14.6. The average molecular weight is 282 g/mol. The highest BCUT2D eigenvalue weighted by molar-refractivity contribution is 5.76. The van der Waals surface area contributed by atoms with Gasteiger partial charge in [-0.15, -0.1) is 0 Å². The van der Waals surface area contributed by atoms with Gasteiger partial charge in [-0.2, -0.15) is 0 Å². The Kier molecular flexibility index (Phi) is 5.44. The Hall–Kier alpha value is -0.610. The number of rotatable bonds is 3. The molecule has 1 saturated carbocycles. The third-order valence-corrected chi connectivity index (χ3v) is 5.01. The summed E-state index contributed by atoms with van der Waals surface area (Å²) < 4.78 is 0. The second-order valence-corrected chi connectivity index (χ2v) is 7.06. The number of hydrogen-bond donors (Lipinski definition) is 2. The molecule has 3 atom stereocenters. The van der Waals surface area contributed by atoms with Crippen LogP contribution in [0.4, 0.5) is 0 Å². The van der Waals surface area contributed by atoms with Crippen LogP contribution in [0.15, 0.2) is 0 Å². The van der Waals surface area contributed by atoms with E-state index in [-0.39, 0.29) is 5.91 Å². The van der Waals surface area contributed by atoms with Crippen LogP contribution in [0, 0.1) is 5.92 Å². The lowest BCUT2D eigenvalue weighted by Crippen LogP contribution is -2.34. The Labute approximate surface area is 122 Å². The normalized spacial score (nSPS) is 35.6. The van der Waals surface area contributed by atoms with E-state index in [1.165, 1.54) is 12.8 Å². The number of nitrogens with zero attached hydrogens (tertiary/aromatic N) is 1. The van der Waals surface area contributed by atoms with Crippen LogP contribution >= 0.6 is 0 Å². The zero-order valence-electron chi connectivity index (χ0n) is 12.8. The predicted octanol–water partition coefficient (Wildman–Crippen LogP) is 2.05. The minimum Gasteiger partial charge on any atom is -0.390 e. The minimum absolute atomic E-state index is 0.266. The number of aliphatic hydroxyl groups is 1. The first kappa shape index (κ1) is 15.8. The third-order valence-electron chi connectivity index (χ3n) is 5.01. The van der Waals surface area contributed by atoms with E-state index in [0.29, 0.717) is 31.3 Å². The van der Waals surface area contributed by atoms with Crippen molar-refractivity contribution in [2.75, 3.05) is 13.1 Å². The Morgan fingerprint density at radius 3 is 2.85 bits per heavy atom. The van der Waals surface area contributed by atoms with Crippen LogP contribution in [-0.4, -0.2) is 40.6 Å². The number of hydrogen-bond acceptors (Lipinski definition) is 3. The lowest BCUT2D eigenvalue weighted by molar-refractivity contribution is -0.131. The zero-order valence-corrected chi connectivity index (χ0v) is 12.8. The number of likely N-dealkylation sites (tertiary alicyclic amines) is 1. The van der Waals surface area contributed by atoms with Crippen LogP contribution in [0.5, 0.6) is 0 Å². The van der Waals surface area contributed by atoms with E-state index >= 15 is 0 Å². The van der Waals surface area contributed by atoms with Gasteiger partial charge >= 0.3 is 0 Å². The largest absolute Gasteiger partial charge is 0.390 e. The molecule has 1 aliphatic heterocycles. The molecule has 1 aliphatic carbocycles. The summed E-state index contributed by atoms with van der Waals surface area (Å²) >= 11 is 0. The van der Waals surface area contributed by atoms with Crippen molar-refractivity contribution in [2.45, 2.75) is 76.4 Å². The van der Waals surface area contributed by atoms with Crippen molar-refractivity contribution < 1.29 is 9.90 Å². The van der Waals surface area contributed by atoms with E-state index in [4.69, 9.17) is 5.73 Å².